The average Bonchev–Trinajstić information content (AvgIpc) is 3.34. The molecule has 1 aliphatic rings. The van der Waals surface area contributed by atoms with Crippen LogP contribution in [0.4, 0.5) is 17.2 Å². The number of hydrogen-bond acceptors (Lipinski definition) is 7. The van der Waals surface area contributed by atoms with E-state index in [0.29, 0.717) is 22.7 Å². The van der Waals surface area contributed by atoms with Crippen molar-refractivity contribution in [3.05, 3.63) is 72.2 Å². The van der Waals surface area contributed by atoms with Gasteiger partial charge in [-0.05, 0) is 42.7 Å². The molecule has 0 radical (unpaired) electrons. The van der Waals surface area contributed by atoms with Gasteiger partial charge in [0.05, 0.1) is 18.2 Å². The number of hydrogen-bond donors (Lipinski definition) is 3. The zero-order valence-corrected chi connectivity index (χ0v) is 18.0. The third kappa shape index (κ3) is 3.76. The summed E-state index contributed by atoms with van der Waals surface area (Å²) in [5.74, 6) is 0.764. The summed E-state index contributed by atoms with van der Waals surface area (Å²) in [6.45, 7) is 0. The van der Waals surface area contributed by atoms with Gasteiger partial charge in [0.25, 0.3) is 0 Å². The Balaban J connectivity index is 1.54. The normalized spacial score (nSPS) is 14.6. The van der Waals surface area contributed by atoms with Crippen LogP contribution in [-0.4, -0.2) is 40.0 Å². The number of nitrogens with one attached hydrogen (secondary N) is 2. The molecule has 10 heteroatoms. The van der Waals surface area contributed by atoms with Gasteiger partial charge in [-0.3, -0.25) is 14.1 Å². The van der Waals surface area contributed by atoms with Crippen molar-refractivity contribution in [3.8, 4) is 11.3 Å². The van der Waals surface area contributed by atoms with Gasteiger partial charge >= 0.3 is 0 Å². The maximum Gasteiger partial charge on any atom is 0.229 e. The lowest BCUT2D eigenvalue weighted by atomic mass is 10.1. The van der Waals surface area contributed by atoms with Gasteiger partial charge in [0.1, 0.15) is 11.5 Å². The molecule has 0 saturated carbocycles. The van der Waals surface area contributed by atoms with Crippen LogP contribution in [0.5, 0.6) is 0 Å². The van der Waals surface area contributed by atoms with Crippen molar-refractivity contribution in [2.45, 2.75) is 12.8 Å². The minimum absolute atomic E-state index is 0.483. The standard InChI is InChI=1S/C22H20N6O3S/c1-32(30,31)27-16-5-2-14(3-6-16)21-22(28-11-10-23-13-20(28)25-21)24-17-7-8-18-15(12-17)4-9-19(18)26-29/h2-3,5-8,10-13,24,27,29H,4,9H2,1H3/b26-19-. The molecule has 0 unspecified atom stereocenters. The van der Waals surface area contributed by atoms with E-state index in [4.69, 9.17) is 10.2 Å². The molecule has 9 nitrogen and oxygen atoms in total. The average molecular weight is 449 g/mol. The van der Waals surface area contributed by atoms with E-state index in [1.807, 2.05) is 34.9 Å². The van der Waals surface area contributed by atoms with E-state index in [1.54, 1.807) is 24.5 Å². The Hall–Kier alpha value is -3.92. The fourth-order valence-corrected chi connectivity index (χ4v) is 4.49. The number of aromatic nitrogens is 3. The summed E-state index contributed by atoms with van der Waals surface area (Å²) in [6, 6.07) is 13.0. The van der Waals surface area contributed by atoms with Crippen LogP contribution in [0, 0.1) is 0 Å². The number of fused-ring (bicyclic) bond motifs is 2. The lowest BCUT2D eigenvalue weighted by molar-refractivity contribution is 0.318. The first-order valence-electron chi connectivity index (χ1n) is 9.93. The van der Waals surface area contributed by atoms with Gasteiger partial charge < -0.3 is 10.5 Å². The Bertz CT molecular complexity index is 1460. The summed E-state index contributed by atoms with van der Waals surface area (Å²) < 4.78 is 27.4. The number of nitrogens with zero attached hydrogens (tertiary/aromatic N) is 4. The highest BCUT2D eigenvalue weighted by molar-refractivity contribution is 7.92. The Kier molecular flexibility index (Phi) is 4.78. The number of sulfonamides is 1. The predicted molar refractivity (Wildman–Crippen MR) is 123 cm³/mol. The van der Waals surface area contributed by atoms with Crippen LogP contribution >= 0.6 is 0 Å². The molecule has 0 atom stereocenters. The second kappa shape index (κ2) is 7.65. The molecule has 0 saturated heterocycles. The highest BCUT2D eigenvalue weighted by Crippen LogP contribution is 2.33. The number of rotatable bonds is 5. The van der Waals surface area contributed by atoms with Gasteiger partial charge in [-0.1, -0.05) is 23.4 Å². The van der Waals surface area contributed by atoms with E-state index >= 15 is 0 Å². The summed E-state index contributed by atoms with van der Waals surface area (Å²) in [6.07, 6.45) is 7.86. The largest absolute Gasteiger partial charge is 0.411 e. The van der Waals surface area contributed by atoms with Gasteiger partial charge in [0.2, 0.25) is 10.0 Å². The molecule has 5 rings (SSSR count). The minimum Gasteiger partial charge on any atom is -0.411 e. The van der Waals surface area contributed by atoms with E-state index in [-0.39, 0.29) is 0 Å². The number of aryl methyl sites for hydroxylation is 1. The monoisotopic (exact) mass is 448 g/mol. The van der Waals surface area contributed by atoms with Crippen molar-refractivity contribution in [2.75, 3.05) is 16.3 Å². The molecular formula is C22H20N6O3S. The zero-order valence-electron chi connectivity index (χ0n) is 17.1. The van der Waals surface area contributed by atoms with E-state index in [0.717, 1.165) is 47.3 Å². The van der Waals surface area contributed by atoms with Crippen LogP contribution in [-0.2, 0) is 16.4 Å². The maximum atomic E-state index is 11.5. The molecule has 0 fully saturated rings. The molecule has 3 N–H and O–H groups in total. The molecule has 32 heavy (non-hydrogen) atoms. The zero-order chi connectivity index (χ0) is 22.3. The van der Waals surface area contributed by atoms with Gasteiger partial charge in [0.15, 0.2) is 5.65 Å². The molecule has 2 aromatic carbocycles. The van der Waals surface area contributed by atoms with Crippen LogP contribution < -0.4 is 10.0 Å². The first kappa shape index (κ1) is 20.0. The summed E-state index contributed by atoms with van der Waals surface area (Å²) in [4.78, 5) is 8.89. The molecule has 2 heterocycles. The van der Waals surface area contributed by atoms with Crippen molar-refractivity contribution in [2.24, 2.45) is 5.16 Å². The lowest BCUT2D eigenvalue weighted by Gasteiger charge is -2.11. The lowest BCUT2D eigenvalue weighted by Crippen LogP contribution is -2.09. The van der Waals surface area contributed by atoms with E-state index in [1.165, 1.54) is 0 Å². The predicted octanol–water partition coefficient (Wildman–Crippen LogP) is 3.64. The van der Waals surface area contributed by atoms with Crippen LogP contribution in [0.25, 0.3) is 16.9 Å². The van der Waals surface area contributed by atoms with Crippen molar-refractivity contribution in [1.29, 1.82) is 0 Å². The van der Waals surface area contributed by atoms with E-state index in [2.05, 4.69) is 26.2 Å². The summed E-state index contributed by atoms with van der Waals surface area (Å²) in [5.41, 5.74) is 6.38. The third-order valence-electron chi connectivity index (χ3n) is 5.32. The van der Waals surface area contributed by atoms with Gasteiger partial charge in [0, 0.05) is 34.9 Å². The molecule has 162 valence electrons. The molecule has 0 bridgehead atoms. The minimum atomic E-state index is -3.35. The second-order valence-corrected chi connectivity index (χ2v) is 9.36. The smallest absolute Gasteiger partial charge is 0.229 e. The number of benzene rings is 2. The number of imidazole rings is 1. The van der Waals surface area contributed by atoms with E-state index in [9.17, 15) is 8.42 Å². The summed E-state index contributed by atoms with van der Waals surface area (Å²) >= 11 is 0. The Morgan fingerprint density at radius 3 is 2.62 bits per heavy atom. The van der Waals surface area contributed by atoms with Crippen molar-refractivity contribution >= 4 is 38.6 Å². The SMILES string of the molecule is CS(=O)(=O)Nc1ccc(-c2nc3cnccn3c2Nc2ccc3c(c2)CC/C3=N/O)cc1. The van der Waals surface area contributed by atoms with Crippen LogP contribution in [0.3, 0.4) is 0 Å². The topological polar surface area (TPSA) is 121 Å². The Morgan fingerprint density at radius 2 is 1.88 bits per heavy atom. The molecule has 0 spiro atoms. The van der Waals surface area contributed by atoms with Crippen LogP contribution in [0.15, 0.2) is 66.2 Å². The van der Waals surface area contributed by atoms with Crippen molar-refractivity contribution < 1.29 is 13.6 Å². The fraction of sp³-hybridized carbons (Fsp3) is 0.136. The van der Waals surface area contributed by atoms with Crippen molar-refractivity contribution in [1.82, 2.24) is 14.4 Å². The molecule has 0 amide bonds. The van der Waals surface area contributed by atoms with Gasteiger partial charge in [-0.25, -0.2) is 13.4 Å². The molecule has 2 aromatic heterocycles. The molecule has 1 aliphatic carbocycles. The fourth-order valence-electron chi connectivity index (χ4n) is 3.93. The molecule has 0 aliphatic heterocycles. The van der Waals surface area contributed by atoms with Gasteiger partial charge in [-0.15, -0.1) is 0 Å². The highest BCUT2D eigenvalue weighted by atomic mass is 32.2. The second-order valence-electron chi connectivity index (χ2n) is 7.61. The van der Waals surface area contributed by atoms with Crippen LogP contribution in [0.2, 0.25) is 0 Å². The first-order valence-corrected chi connectivity index (χ1v) is 11.8. The number of anilines is 3. The summed E-state index contributed by atoms with van der Waals surface area (Å²) in [7, 11) is -3.35. The highest BCUT2D eigenvalue weighted by Gasteiger charge is 2.20. The maximum absolute atomic E-state index is 11.5. The van der Waals surface area contributed by atoms with Gasteiger partial charge in [-0.2, -0.15) is 0 Å². The first-order chi connectivity index (χ1) is 15.4. The molecular weight excluding hydrogens is 428 g/mol. The Labute approximate surface area is 184 Å². The van der Waals surface area contributed by atoms with E-state index < -0.39 is 10.0 Å². The molecule has 4 aromatic rings. The van der Waals surface area contributed by atoms with Crippen molar-refractivity contribution in [3.63, 3.8) is 0 Å². The third-order valence-corrected chi connectivity index (χ3v) is 5.93. The number of oxime groups is 1. The van der Waals surface area contributed by atoms with Crippen LogP contribution in [0.1, 0.15) is 17.5 Å². The Morgan fingerprint density at radius 1 is 1.09 bits per heavy atom. The quantitative estimate of drug-likeness (QED) is 0.317. The summed E-state index contributed by atoms with van der Waals surface area (Å²) in [5, 5.41) is 16.0.